The highest BCUT2D eigenvalue weighted by Crippen LogP contribution is 2.22. The number of hydrogen-bond acceptors (Lipinski definition) is 4. The molecule has 0 aliphatic carbocycles. The van der Waals surface area contributed by atoms with Crippen molar-refractivity contribution in [3.05, 3.63) is 66.0 Å². The van der Waals surface area contributed by atoms with Gasteiger partial charge in [0.15, 0.2) is 5.82 Å². The molecule has 140 valence electrons. The van der Waals surface area contributed by atoms with Gasteiger partial charge in [0.2, 0.25) is 11.1 Å². The molecule has 27 heavy (non-hydrogen) atoms. The average Bonchev–Trinajstić information content (AvgIpc) is 3.14. The Kier molecular flexibility index (Phi) is 6.24. The van der Waals surface area contributed by atoms with E-state index in [0.29, 0.717) is 23.1 Å². The summed E-state index contributed by atoms with van der Waals surface area (Å²) in [6.07, 6.45) is 0. The maximum atomic E-state index is 13.8. The van der Waals surface area contributed by atoms with Crippen molar-refractivity contribution < 1.29 is 9.18 Å². The predicted octanol–water partition coefficient (Wildman–Crippen LogP) is 4.14. The summed E-state index contributed by atoms with van der Waals surface area (Å²) in [7, 11) is 0. The van der Waals surface area contributed by atoms with Crippen LogP contribution < -0.4 is 0 Å². The van der Waals surface area contributed by atoms with Crippen LogP contribution in [0.5, 0.6) is 0 Å². The first-order chi connectivity index (χ1) is 13.0. The van der Waals surface area contributed by atoms with Crippen molar-refractivity contribution in [3.63, 3.8) is 0 Å². The van der Waals surface area contributed by atoms with Crippen molar-refractivity contribution in [2.45, 2.75) is 31.6 Å². The molecule has 0 unspecified atom stereocenters. The van der Waals surface area contributed by atoms with Crippen LogP contribution in [0.4, 0.5) is 4.39 Å². The van der Waals surface area contributed by atoms with Gasteiger partial charge in [-0.25, -0.2) is 9.37 Å². The second kappa shape index (κ2) is 8.81. The number of amides is 1. The summed E-state index contributed by atoms with van der Waals surface area (Å²) in [5, 5.41) is 7.24. The summed E-state index contributed by atoms with van der Waals surface area (Å²) in [5.74, 6) is 0.221. The molecule has 3 rings (SSSR count). The summed E-state index contributed by atoms with van der Waals surface area (Å²) < 4.78 is 13.8. The Labute approximate surface area is 162 Å². The minimum Gasteiger partial charge on any atom is -0.335 e. The van der Waals surface area contributed by atoms with Crippen LogP contribution >= 0.6 is 11.8 Å². The molecule has 0 spiro atoms. The Morgan fingerprint density at radius 3 is 2.56 bits per heavy atom. The maximum absolute atomic E-state index is 13.8. The molecule has 1 heterocycles. The van der Waals surface area contributed by atoms with Gasteiger partial charge in [-0.3, -0.25) is 9.89 Å². The van der Waals surface area contributed by atoms with Gasteiger partial charge >= 0.3 is 0 Å². The number of nitrogens with one attached hydrogen (secondary N) is 1. The first kappa shape index (κ1) is 19.1. The molecule has 0 aliphatic rings. The number of thioether (sulfide) groups is 1. The van der Waals surface area contributed by atoms with Crippen molar-refractivity contribution in [2.24, 2.45) is 0 Å². The number of carbonyl (C=O) groups excluding carboxylic acids is 1. The quantitative estimate of drug-likeness (QED) is 0.622. The third-order valence-corrected chi connectivity index (χ3v) is 4.89. The summed E-state index contributed by atoms with van der Waals surface area (Å²) in [6, 6.07) is 16.3. The van der Waals surface area contributed by atoms with Crippen molar-refractivity contribution in [1.29, 1.82) is 0 Å². The number of halogens is 1. The Morgan fingerprint density at radius 2 is 1.85 bits per heavy atom. The SMILES string of the molecule is CC(C)N(Cc1ccccc1)C(=O)CSc1n[nH]c(-c2ccccc2F)n1. The summed E-state index contributed by atoms with van der Waals surface area (Å²) in [5.41, 5.74) is 1.44. The molecule has 1 aromatic heterocycles. The zero-order valence-corrected chi connectivity index (χ0v) is 16.0. The van der Waals surface area contributed by atoms with Crippen LogP contribution in [0, 0.1) is 5.82 Å². The number of benzene rings is 2. The molecule has 7 heteroatoms. The fraction of sp³-hybridized carbons (Fsp3) is 0.250. The minimum atomic E-state index is -0.366. The van der Waals surface area contributed by atoms with E-state index in [-0.39, 0.29) is 23.5 Å². The van der Waals surface area contributed by atoms with Crippen LogP contribution in [0.15, 0.2) is 59.8 Å². The van der Waals surface area contributed by atoms with E-state index in [0.717, 1.165) is 5.56 Å². The van der Waals surface area contributed by atoms with Crippen molar-refractivity contribution in [1.82, 2.24) is 20.1 Å². The van der Waals surface area contributed by atoms with E-state index in [2.05, 4.69) is 15.2 Å². The molecule has 1 amide bonds. The van der Waals surface area contributed by atoms with Crippen LogP contribution in [-0.2, 0) is 11.3 Å². The van der Waals surface area contributed by atoms with Crippen molar-refractivity contribution in [3.8, 4) is 11.4 Å². The lowest BCUT2D eigenvalue weighted by Gasteiger charge is -2.26. The normalized spacial score (nSPS) is 11.0. The molecule has 0 fully saturated rings. The molecule has 0 saturated carbocycles. The average molecular weight is 384 g/mol. The zero-order chi connectivity index (χ0) is 19.2. The van der Waals surface area contributed by atoms with Gasteiger partial charge in [-0.1, -0.05) is 54.2 Å². The molecule has 0 radical (unpaired) electrons. The molecule has 0 atom stereocenters. The van der Waals surface area contributed by atoms with Gasteiger partial charge < -0.3 is 4.90 Å². The number of aromatic nitrogens is 3. The topological polar surface area (TPSA) is 61.9 Å². The number of H-pyrrole nitrogens is 1. The summed E-state index contributed by atoms with van der Waals surface area (Å²) >= 11 is 1.24. The van der Waals surface area contributed by atoms with Gasteiger partial charge in [-0.15, -0.1) is 5.10 Å². The molecule has 2 aromatic carbocycles. The first-order valence-electron chi connectivity index (χ1n) is 8.68. The van der Waals surface area contributed by atoms with Crippen molar-refractivity contribution >= 4 is 17.7 Å². The molecule has 5 nitrogen and oxygen atoms in total. The smallest absolute Gasteiger partial charge is 0.233 e. The Bertz CT molecular complexity index is 898. The van der Waals surface area contributed by atoms with E-state index in [9.17, 15) is 9.18 Å². The monoisotopic (exact) mass is 384 g/mol. The number of aromatic amines is 1. The van der Waals surface area contributed by atoms with E-state index in [1.807, 2.05) is 49.1 Å². The van der Waals surface area contributed by atoms with Gasteiger partial charge in [0.05, 0.1) is 11.3 Å². The summed E-state index contributed by atoms with van der Waals surface area (Å²) in [4.78, 5) is 18.8. The van der Waals surface area contributed by atoms with E-state index in [1.54, 1.807) is 18.2 Å². The molecule has 0 saturated heterocycles. The Hall–Kier alpha value is -2.67. The molecule has 1 N–H and O–H groups in total. The highest BCUT2D eigenvalue weighted by molar-refractivity contribution is 7.99. The van der Waals surface area contributed by atoms with Gasteiger partial charge in [-0.05, 0) is 31.5 Å². The number of hydrogen-bond donors (Lipinski definition) is 1. The van der Waals surface area contributed by atoms with Crippen molar-refractivity contribution in [2.75, 3.05) is 5.75 Å². The van der Waals surface area contributed by atoms with E-state index < -0.39 is 0 Å². The third kappa shape index (κ3) is 4.95. The van der Waals surface area contributed by atoms with Gasteiger partial charge in [0.25, 0.3) is 0 Å². The van der Waals surface area contributed by atoms with Crippen LogP contribution in [0.3, 0.4) is 0 Å². The second-order valence-electron chi connectivity index (χ2n) is 6.34. The lowest BCUT2D eigenvalue weighted by Crippen LogP contribution is -2.37. The van der Waals surface area contributed by atoms with Crippen LogP contribution in [0.1, 0.15) is 19.4 Å². The fourth-order valence-corrected chi connectivity index (χ4v) is 3.32. The third-order valence-electron chi connectivity index (χ3n) is 4.06. The number of nitrogens with zero attached hydrogens (tertiary/aromatic N) is 3. The second-order valence-corrected chi connectivity index (χ2v) is 7.28. The maximum Gasteiger partial charge on any atom is 0.233 e. The molecule has 0 bridgehead atoms. The lowest BCUT2D eigenvalue weighted by atomic mass is 10.2. The van der Waals surface area contributed by atoms with Crippen LogP contribution in [0.25, 0.3) is 11.4 Å². The number of rotatable bonds is 7. The minimum absolute atomic E-state index is 0.0103. The molecular formula is C20H21FN4OS. The highest BCUT2D eigenvalue weighted by Gasteiger charge is 2.19. The number of carbonyl (C=O) groups is 1. The highest BCUT2D eigenvalue weighted by atomic mass is 32.2. The van der Waals surface area contributed by atoms with E-state index >= 15 is 0 Å². The fourth-order valence-electron chi connectivity index (χ4n) is 2.63. The lowest BCUT2D eigenvalue weighted by molar-refractivity contribution is -0.130. The largest absolute Gasteiger partial charge is 0.335 e. The zero-order valence-electron chi connectivity index (χ0n) is 15.2. The molecular weight excluding hydrogens is 363 g/mol. The van der Waals surface area contributed by atoms with Gasteiger partial charge in [-0.2, -0.15) is 0 Å². The van der Waals surface area contributed by atoms with E-state index in [4.69, 9.17) is 0 Å². The van der Waals surface area contributed by atoms with Gasteiger partial charge in [0.1, 0.15) is 5.82 Å². The standard InChI is InChI=1S/C20H21FN4OS/c1-14(2)25(12-15-8-4-3-5-9-15)18(26)13-27-20-22-19(23-24-20)16-10-6-7-11-17(16)21/h3-11,14H,12-13H2,1-2H3,(H,22,23,24). The molecule has 0 aliphatic heterocycles. The predicted molar refractivity (Wildman–Crippen MR) is 105 cm³/mol. The summed E-state index contributed by atoms with van der Waals surface area (Å²) in [6.45, 7) is 4.55. The van der Waals surface area contributed by atoms with Crippen LogP contribution in [-0.4, -0.2) is 37.8 Å². The van der Waals surface area contributed by atoms with Gasteiger partial charge in [0, 0.05) is 12.6 Å². The van der Waals surface area contributed by atoms with E-state index in [1.165, 1.54) is 17.8 Å². The Balaban J connectivity index is 1.63. The van der Waals surface area contributed by atoms with Crippen LogP contribution in [0.2, 0.25) is 0 Å². The molecule has 3 aromatic rings. The Morgan fingerprint density at radius 1 is 1.15 bits per heavy atom. The first-order valence-corrected chi connectivity index (χ1v) is 9.66.